The molecule has 2 N–H and O–H groups in total. The van der Waals surface area contributed by atoms with E-state index in [1.807, 2.05) is 19.1 Å². The van der Waals surface area contributed by atoms with Gasteiger partial charge in [0.2, 0.25) is 5.91 Å². The number of methoxy groups -OCH3 is 1. The molecule has 0 aromatic heterocycles. The highest BCUT2D eigenvalue weighted by Crippen LogP contribution is 2.22. The SMILES string of the molecule is CCc1cc(NC(=O)CCO)ccc1OC. The Kier molecular flexibility index (Phi) is 4.79. The highest BCUT2D eigenvalue weighted by Gasteiger charge is 2.05. The molecule has 4 nitrogen and oxygen atoms in total. The molecule has 0 aliphatic heterocycles. The van der Waals surface area contributed by atoms with Gasteiger partial charge in [-0.1, -0.05) is 6.92 Å². The molecule has 0 bridgehead atoms. The average Bonchev–Trinajstić information content (AvgIpc) is 2.29. The molecule has 0 spiro atoms. The molecule has 0 saturated heterocycles. The average molecular weight is 223 g/mol. The van der Waals surface area contributed by atoms with Crippen molar-refractivity contribution in [1.82, 2.24) is 0 Å². The number of aryl methyl sites for hydroxylation is 1. The molecule has 1 aromatic carbocycles. The first-order chi connectivity index (χ1) is 7.71. The van der Waals surface area contributed by atoms with Gasteiger partial charge in [-0.05, 0) is 30.2 Å². The maximum atomic E-state index is 11.3. The van der Waals surface area contributed by atoms with E-state index in [0.29, 0.717) is 0 Å². The molecule has 4 heteroatoms. The third kappa shape index (κ3) is 3.24. The summed E-state index contributed by atoms with van der Waals surface area (Å²) >= 11 is 0. The van der Waals surface area contributed by atoms with Gasteiger partial charge in [-0.2, -0.15) is 0 Å². The van der Waals surface area contributed by atoms with Crippen LogP contribution in [0.15, 0.2) is 18.2 Å². The van der Waals surface area contributed by atoms with E-state index in [1.54, 1.807) is 13.2 Å². The molecule has 1 amide bonds. The van der Waals surface area contributed by atoms with Crippen LogP contribution in [0.4, 0.5) is 5.69 Å². The van der Waals surface area contributed by atoms with E-state index in [4.69, 9.17) is 9.84 Å². The summed E-state index contributed by atoms with van der Waals surface area (Å²) in [5, 5.41) is 11.3. The van der Waals surface area contributed by atoms with Crippen LogP contribution in [0.25, 0.3) is 0 Å². The Balaban J connectivity index is 2.78. The number of benzene rings is 1. The van der Waals surface area contributed by atoms with Crippen LogP contribution >= 0.6 is 0 Å². The number of amides is 1. The number of aliphatic hydroxyl groups excluding tert-OH is 1. The van der Waals surface area contributed by atoms with Crippen molar-refractivity contribution in [3.05, 3.63) is 23.8 Å². The largest absolute Gasteiger partial charge is 0.496 e. The van der Waals surface area contributed by atoms with Crippen molar-refractivity contribution in [2.75, 3.05) is 19.0 Å². The zero-order valence-corrected chi connectivity index (χ0v) is 9.62. The Morgan fingerprint density at radius 3 is 2.81 bits per heavy atom. The van der Waals surface area contributed by atoms with E-state index in [-0.39, 0.29) is 18.9 Å². The first-order valence-electron chi connectivity index (χ1n) is 5.28. The molecule has 88 valence electrons. The molecule has 0 heterocycles. The molecular weight excluding hydrogens is 206 g/mol. The highest BCUT2D eigenvalue weighted by atomic mass is 16.5. The third-order valence-corrected chi connectivity index (χ3v) is 2.28. The van der Waals surface area contributed by atoms with Gasteiger partial charge in [-0.15, -0.1) is 0 Å². The van der Waals surface area contributed by atoms with Crippen LogP contribution in [0.3, 0.4) is 0 Å². The Morgan fingerprint density at radius 1 is 1.50 bits per heavy atom. The Morgan fingerprint density at radius 2 is 2.25 bits per heavy atom. The fourth-order valence-corrected chi connectivity index (χ4v) is 1.46. The molecule has 1 rings (SSSR count). The van der Waals surface area contributed by atoms with Crippen LogP contribution in [0, 0.1) is 0 Å². The standard InChI is InChI=1S/C12H17NO3/c1-3-9-8-10(4-5-11(9)16-2)13-12(15)6-7-14/h4-5,8,14H,3,6-7H2,1-2H3,(H,13,15). The van der Waals surface area contributed by atoms with Gasteiger partial charge < -0.3 is 15.2 Å². The number of hydrogen-bond donors (Lipinski definition) is 2. The smallest absolute Gasteiger partial charge is 0.226 e. The van der Waals surface area contributed by atoms with Crippen molar-refractivity contribution in [2.45, 2.75) is 19.8 Å². The van der Waals surface area contributed by atoms with Crippen molar-refractivity contribution in [3.63, 3.8) is 0 Å². The predicted molar refractivity (Wildman–Crippen MR) is 62.7 cm³/mol. The van der Waals surface area contributed by atoms with Crippen LogP contribution in [0.2, 0.25) is 0 Å². The lowest BCUT2D eigenvalue weighted by atomic mass is 10.1. The predicted octanol–water partition coefficient (Wildman–Crippen LogP) is 1.58. The fourth-order valence-electron chi connectivity index (χ4n) is 1.46. The molecule has 0 unspecified atom stereocenters. The second-order valence-corrected chi connectivity index (χ2v) is 3.40. The number of nitrogens with one attached hydrogen (secondary N) is 1. The molecule has 0 saturated carbocycles. The zero-order valence-electron chi connectivity index (χ0n) is 9.62. The summed E-state index contributed by atoms with van der Waals surface area (Å²) in [5.41, 5.74) is 1.78. The summed E-state index contributed by atoms with van der Waals surface area (Å²) in [4.78, 5) is 11.3. The lowest BCUT2D eigenvalue weighted by Gasteiger charge is -2.10. The number of hydrogen-bond acceptors (Lipinski definition) is 3. The summed E-state index contributed by atoms with van der Waals surface area (Å²) in [6.45, 7) is 1.89. The number of anilines is 1. The van der Waals surface area contributed by atoms with Gasteiger partial charge >= 0.3 is 0 Å². The van der Waals surface area contributed by atoms with Crippen LogP contribution in [-0.4, -0.2) is 24.7 Å². The van der Waals surface area contributed by atoms with Crippen molar-refractivity contribution in [3.8, 4) is 5.75 Å². The van der Waals surface area contributed by atoms with Gasteiger partial charge in [0.1, 0.15) is 5.75 Å². The topological polar surface area (TPSA) is 58.6 Å². The molecule has 16 heavy (non-hydrogen) atoms. The van der Waals surface area contributed by atoms with E-state index >= 15 is 0 Å². The van der Waals surface area contributed by atoms with Crippen LogP contribution in [0.1, 0.15) is 18.9 Å². The van der Waals surface area contributed by atoms with Crippen LogP contribution < -0.4 is 10.1 Å². The molecule has 0 aliphatic carbocycles. The molecular formula is C12H17NO3. The van der Waals surface area contributed by atoms with Gasteiger partial charge in [0, 0.05) is 5.69 Å². The molecule has 0 aliphatic rings. The first-order valence-corrected chi connectivity index (χ1v) is 5.28. The third-order valence-electron chi connectivity index (χ3n) is 2.28. The number of carbonyl (C=O) groups is 1. The highest BCUT2D eigenvalue weighted by molar-refractivity contribution is 5.90. The summed E-state index contributed by atoms with van der Waals surface area (Å²) in [6, 6.07) is 5.49. The van der Waals surface area contributed by atoms with E-state index in [2.05, 4.69) is 5.32 Å². The van der Waals surface area contributed by atoms with Gasteiger partial charge in [0.05, 0.1) is 20.1 Å². The summed E-state index contributed by atoms with van der Waals surface area (Å²) in [7, 11) is 1.62. The number of rotatable bonds is 5. The minimum atomic E-state index is -0.185. The normalized spacial score (nSPS) is 9.94. The van der Waals surface area contributed by atoms with E-state index in [1.165, 1.54) is 0 Å². The summed E-state index contributed by atoms with van der Waals surface area (Å²) in [6.07, 6.45) is 0.959. The fraction of sp³-hybridized carbons (Fsp3) is 0.417. The first kappa shape index (κ1) is 12.5. The maximum Gasteiger partial charge on any atom is 0.226 e. The quantitative estimate of drug-likeness (QED) is 0.796. The van der Waals surface area contributed by atoms with E-state index in [0.717, 1.165) is 23.4 Å². The second-order valence-electron chi connectivity index (χ2n) is 3.40. The number of carbonyl (C=O) groups excluding carboxylic acids is 1. The van der Waals surface area contributed by atoms with Crippen LogP contribution in [-0.2, 0) is 11.2 Å². The van der Waals surface area contributed by atoms with E-state index < -0.39 is 0 Å². The van der Waals surface area contributed by atoms with Gasteiger partial charge in [0.15, 0.2) is 0 Å². The Labute approximate surface area is 95.2 Å². The number of aliphatic hydroxyl groups is 1. The summed E-state index contributed by atoms with van der Waals surface area (Å²) < 4.78 is 5.19. The minimum absolute atomic E-state index is 0.119. The number of ether oxygens (including phenoxy) is 1. The van der Waals surface area contributed by atoms with Crippen molar-refractivity contribution < 1.29 is 14.6 Å². The zero-order chi connectivity index (χ0) is 12.0. The minimum Gasteiger partial charge on any atom is -0.496 e. The van der Waals surface area contributed by atoms with Crippen molar-refractivity contribution in [1.29, 1.82) is 0 Å². The Bertz CT molecular complexity index is 363. The maximum absolute atomic E-state index is 11.3. The van der Waals surface area contributed by atoms with Gasteiger partial charge in [-0.3, -0.25) is 4.79 Å². The molecule has 0 fully saturated rings. The Hall–Kier alpha value is -1.55. The van der Waals surface area contributed by atoms with Gasteiger partial charge in [-0.25, -0.2) is 0 Å². The lowest BCUT2D eigenvalue weighted by molar-refractivity contribution is -0.116. The van der Waals surface area contributed by atoms with Crippen molar-refractivity contribution in [2.24, 2.45) is 0 Å². The molecule has 0 atom stereocenters. The second kappa shape index (κ2) is 6.12. The summed E-state index contributed by atoms with van der Waals surface area (Å²) in [5.74, 6) is 0.636. The molecule has 1 aromatic rings. The van der Waals surface area contributed by atoms with E-state index in [9.17, 15) is 4.79 Å². The monoisotopic (exact) mass is 223 g/mol. The van der Waals surface area contributed by atoms with Gasteiger partial charge in [0.25, 0.3) is 0 Å². The lowest BCUT2D eigenvalue weighted by Crippen LogP contribution is -2.13. The van der Waals surface area contributed by atoms with Crippen molar-refractivity contribution >= 4 is 11.6 Å². The van der Waals surface area contributed by atoms with Crippen LogP contribution in [0.5, 0.6) is 5.75 Å². The molecule has 0 radical (unpaired) electrons.